The maximum atomic E-state index is 11.0. The molecule has 0 aromatic heterocycles. The van der Waals surface area contributed by atoms with Crippen molar-refractivity contribution in [1.29, 1.82) is 5.26 Å². The third-order valence-corrected chi connectivity index (χ3v) is 2.02. The predicted molar refractivity (Wildman–Crippen MR) is 53.6 cm³/mol. The summed E-state index contributed by atoms with van der Waals surface area (Å²) in [6, 6.07) is 2.02. The lowest BCUT2D eigenvalue weighted by Gasteiger charge is -2.21. The van der Waals surface area contributed by atoms with E-state index in [1.807, 2.05) is 33.8 Å². The van der Waals surface area contributed by atoms with Crippen LogP contribution in [0.2, 0.25) is 0 Å². The first-order valence-electron chi connectivity index (χ1n) is 4.97. The third-order valence-electron chi connectivity index (χ3n) is 2.02. The molecule has 0 radical (unpaired) electrons. The minimum absolute atomic E-state index is 0.0668. The number of carbonyl (C=O) groups is 1. The summed E-state index contributed by atoms with van der Waals surface area (Å²) in [6.07, 6.45) is -0.366. The molecule has 0 spiro atoms. The lowest BCUT2D eigenvalue weighted by molar-refractivity contribution is 0.160. The molecular formula is C10H18N2O2. The second kappa shape index (κ2) is 6.25. The minimum Gasteiger partial charge on any atom is -0.447 e. The number of amides is 1. The standard InChI is InChI=1S/C8H12N2O2.C2H6/c1-6(2)7-5-12-8(11)10(7)4-3-9;1-2/h6-7H,4-5H2,1-2H3;1-2H3. The van der Waals surface area contributed by atoms with E-state index in [9.17, 15) is 4.79 Å². The van der Waals surface area contributed by atoms with Gasteiger partial charge in [0, 0.05) is 0 Å². The molecule has 14 heavy (non-hydrogen) atoms. The van der Waals surface area contributed by atoms with Crippen molar-refractivity contribution in [2.75, 3.05) is 13.2 Å². The first-order valence-corrected chi connectivity index (χ1v) is 4.97. The summed E-state index contributed by atoms with van der Waals surface area (Å²) in [5.74, 6) is 0.338. The van der Waals surface area contributed by atoms with Crippen molar-refractivity contribution in [3.63, 3.8) is 0 Å². The molecule has 0 aliphatic carbocycles. The number of carbonyl (C=O) groups excluding carboxylic acids is 1. The molecule has 1 aliphatic rings. The van der Waals surface area contributed by atoms with Gasteiger partial charge in [0.05, 0.1) is 12.1 Å². The molecule has 1 aliphatic heterocycles. The molecule has 1 fully saturated rings. The Morgan fingerprint density at radius 3 is 2.64 bits per heavy atom. The summed E-state index contributed by atoms with van der Waals surface area (Å²) < 4.78 is 4.83. The number of hydrogen-bond donors (Lipinski definition) is 0. The molecule has 1 amide bonds. The molecule has 1 atom stereocenters. The van der Waals surface area contributed by atoms with Crippen LogP contribution in [0.25, 0.3) is 0 Å². The number of nitrogens with zero attached hydrogens (tertiary/aromatic N) is 2. The molecule has 0 saturated carbocycles. The Bertz CT molecular complexity index is 221. The first-order chi connectivity index (χ1) is 6.66. The topological polar surface area (TPSA) is 53.3 Å². The summed E-state index contributed by atoms with van der Waals surface area (Å²) >= 11 is 0. The third kappa shape index (κ3) is 2.91. The fraction of sp³-hybridized carbons (Fsp3) is 0.800. The van der Waals surface area contributed by atoms with Gasteiger partial charge in [-0.2, -0.15) is 5.26 Å². The SMILES string of the molecule is CC.CC(C)C1COC(=O)N1CC#N. The number of hydrogen-bond acceptors (Lipinski definition) is 3. The van der Waals surface area contributed by atoms with Gasteiger partial charge in [0.15, 0.2) is 0 Å². The first kappa shape index (κ1) is 12.8. The number of nitriles is 1. The summed E-state index contributed by atoms with van der Waals surface area (Å²) in [6.45, 7) is 8.56. The Morgan fingerprint density at radius 1 is 1.64 bits per heavy atom. The number of ether oxygens (including phenoxy) is 1. The second-order valence-electron chi connectivity index (χ2n) is 3.17. The van der Waals surface area contributed by atoms with Gasteiger partial charge in [-0.05, 0) is 5.92 Å². The van der Waals surface area contributed by atoms with Crippen molar-refractivity contribution in [2.24, 2.45) is 5.92 Å². The van der Waals surface area contributed by atoms with E-state index >= 15 is 0 Å². The van der Waals surface area contributed by atoms with Gasteiger partial charge in [-0.25, -0.2) is 4.79 Å². The Labute approximate surface area is 85.5 Å². The van der Waals surface area contributed by atoms with E-state index in [0.29, 0.717) is 12.5 Å². The quantitative estimate of drug-likeness (QED) is 0.638. The highest BCUT2D eigenvalue weighted by molar-refractivity contribution is 5.70. The van der Waals surface area contributed by atoms with Gasteiger partial charge in [0.2, 0.25) is 0 Å². The zero-order valence-electron chi connectivity index (χ0n) is 9.28. The smallest absolute Gasteiger partial charge is 0.411 e. The molecule has 0 N–H and O–H groups in total. The van der Waals surface area contributed by atoms with Crippen LogP contribution in [0, 0.1) is 17.2 Å². The van der Waals surface area contributed by atoms with Crippen LogP contribution in [0.4, 0.5) is 4.79 Å². The number of cyclic esters (lactones) is 1. The van der Waals surface area contributed by atoms with Crippen molar-refractivity contribution < 1.29 is 9.53 Å². The van der Waals surface area contributed by atoms with Crippen molar-refractivity contribution in [3.05, 3.63) is 0 Å². The van der Waals surface area contributed by atoms with E-state index in [1.165, 1.54) is 4.90 Å². The molecule has 1 rings (SSSR count). The second-order valence-corrected chi connectivity index (χ2v) is 3.17. The van der Waals surface area contributed by atoms with E-state index in [1.54, 1.807) is 0 Å². The molecule has 1 heterocycles. The summed E-state index contributed by atoms with van der Waals surface area (Å²) in [4.78, 5) is 12.5. The normalized spacial score (nSPS) is 19.9. The van der Waals surface area contributed by atoms with Gasteiger partial charge in [-0.1, -0.05) is 27.7 Å². The van der Waals surface area contributed by atoms with E-state index in [4.69, 9.17) is 10.00 Å². The fourth-order valence-electron chi connectivity index (χ4n) is 1.28. The lowest BCUT2D eigenvalue weighted by atomic mass is 10.1. The highest BCUT2D eigenvalue weighted by Gasteiger charge is 2.34. The van der Waals surface area contributed by atoms with Crippen LogP contribution in [0.15, 0.2) is 0 Å². The van der Waals surface area contributed by atoms with Gasteiger partial charge in [0.1, 0.15) is 13.2 Å². The van der Waals surface area contributed by atoms with Crippen molar-refractivity contribution in [3.8, 4) is 6.07 Å². The van der Waals surface area contributed by atoms with E-state index in [-0.39, 0.29) is 18.7 Å². The van der Waals surface area contributed by atoms with Crippen LogP contribution < -0.4 is 0 Å². The summed E-state index contributed by atoms with van der Waals surface area (Å²) in [7, 11) is 0. The van der Waals surface area contributed by atoms with Crippen molar-refractivity contribution >= 4 is 6.09 Å². The summed E-state index contributed by atoms with van der Waals surface area (Å²) in [5.41, 5.74) is 0. The van der Waals surface area contributed by atoms with Crippen molar-refractivity contribution in [1.82, 2.24) is 4.90 Å². The highest BCUT2D eigenvalue weighted by atomic mass is 16.6. The maximum absolute atomic E-state index is 11.0. The average Bonchev–Trinajstić information content (AvgIpc) is 2.52. The Morgan fingerprint density at radius 2 is 2.21 bits per heavy atom. The van der Waals surface area contributed by atoms with Gasteiger partial charge in [0.25, 0.3) is 0 Å². The Balaban J connectivity index is 0.000000791. The van der Waals surface area contributed by atoms with Crippen LogP contribution in [-0.2, 0) is 4.74 Å². The maximum Gasteiger partial charge on any atom is 0.411 e. The molecule has 80 valence electrons. The molecule has 4 heteroatoms. The molecule has 1 unspecified atom stereocenters. The van der Waals surface area contributed by atoms with Gasteiger partial charge in [-0.15, -0.1) is 0 Å². The zero-order chi connectivity index (χ0) is 11.1. The molecule has 1 saturated heterocycles. The van der Waals surface area contributed by atoms with Crippen LogP contribution >= 0.6 is 0 Å². The zero-order valence-corrected chi connectivity index (χ0v) is 9.28. The fourth-order valence-corrected chi connectivity index (χ4v) is 1.28. The largest absolute Gasteiger partial charge is 0.447 e. The summed E-state index contributed by atoms with van der Waals surface area (Å²) in [5, 5.41) is 8.44. The number of rotatable bonds is 2. The van der Waals surface area contributed by atoms with E-state index in [2.05, 4.69) is 0 Å². The molecule has 4 nitrogen and oxygen atoms in total. The highest BCUT2D eigenvalue weighted by Crippen LogP contribution is 2.18. The van der Waals surface area contributed by atoms with Crippen LogP contribution in [0.1, 0.15) is 27.7 Å². The molecule has 0 aromatic carbocycles. The molecule has 0 bridgehead atoms. The molecule has 0 aromatic rings. The van der Waals surface area contributed by atoms with Crippen LogP contribution in [0.5, 0.6) is 0 Å². The molecular weight excluding hydrogens is 180 g/mol. The monoisotopic (exact) mass is 198 g/mol. The Hall–Kier alpha value is -1.24. The lowest BCUT2D eigenvalue weighted by Crippen LogP contribution is -2.37. The van der Waals surface area contributed by atoms with Gasteiger partial charge < -0.3 is 4.74 Å². The average molecular weight is 198 g/mol. The van der Waals surface area contributed by atoms with E-state index < -0.39 is 0 Å². The van der Waals surface area contributed by atoms with E-state index in [0.717, 1.165) is 0 Å². The predicted octanol–water partition coefficient (Wildman–Crippen LogP) is 2.01. The van der Waals surface area contributed by atoms with Gasteiger partial charge in [-0.3, -0.25) is 4.90 Å². The van der Waals surface area contributed by atoms with Crippen LogP contribution in [0.3, 0.4) is 0 Å². The van der Waals surface area contributed by atoms with Crippen molar-refractivity contribution in [2.45, 2.75) is 33.7 Å². The van der Waals surface area contributed by atoms with Crippen LogP contribution in [-0.4, -0.2) is 30.2 Å². The minimum atomic E-state index is -0.366. The Kier molecular flexibility index (Phi) is 5.70. The van der Waals surface area contributed by atoms with Gasteiger partial charge >= 0.3 is 6.09 Å².